The van der Waals surface area contributed by atoms with Crippen molar-refractivity contribution in [2.24, 2.45) is 0 Å². The second-order valence-electron chi connectivity index (χ2n) is 6.31. The Bertz CT molecular complexity index is 845. The summed E-state index contributed by atoms with van der Waals surface area (Å²) in [6, 6.07) is 5.44. The number of aldehydes is 1. The molecule has 0 aromatic carbocycles. The van der Waals surface area contributed by atoms with Gasteiger partial charge in [0.1, 0.15) is 17.2 Å². The van der Waals surface area contributed by atoms with E-state index in [1.165, 1.54) is 12.3 Å². The zero-order valence-electron chi connectivity index (χ0n) is 14.7. The first kappa shape index (κ1) is 19.8. The number of allylic oxidation sites excluding steroid dienone is 1. The van der Waals surface area contributed by atoms with Crippen LogP contribution in [0.15, 0.2) is 48.7 Å². The molecular formula is C19H17F4N3O2. The fourth-order valence-corrected chi connectivity index (χ4v) is 3.04. The molecule has 1 aliphatic heterocycles. The number of ether oxygens (including phenoxy) is 1. The fraction of sp³-hybridized carbons (Fsp3) is 0.316. The van der Waals surface area contributed by atoms with Gasteiger partial charge in [-0.1, -0.05) is 0 Å². The number of carbonyl (C=O) groups is 1. The number of rotatable bonds is 5. The molecule has 9 heteroatoms. The molecule has 0 bridgehead atoms. The molecule has 1 fully saturated rings. The van der Waals surface area contributed by atoms with Crippen LogP contribution in [0.5, 0.6) is 11.5 Å². The smallest absolute Gasteiger partial charge is 0.433 e. The Kier molecular flexibility index (Phi) is 5.91. The standard InChI is InChI=1S/C19H17F4N3O2/c20-14(12-27)11-26-8-5-13(6-9-26)18-16(2-1-7-24-18)28-15-3-4-17(25-10-15)19(21,22)23/h1-4,7,10-13H,5-6,8-9H2. The number of halogens is 4. The maximum absolute atomic E-state index is 13.1. The third-order valence-corrected chi connectivity index (χ3v) is 4.39. The van der Waals surface area contributed by atoms with Gasteiger partial charge in [-0.2, -0.15) is 13.2 Å². The summed E-state index contributed by atoms with van der Waals surface area (Å²) in [6.07, 6.45) is 0.814. The van der Waals surface area contributed by atoms with Gasteiger partial charge in [0.05, 0.1) is 11.9 Å². The summed E-state index contributed by atoms with van der Waals surface area (Å²) in [6.45, 7) is 1.09. The van der Waals surface area contributed by atoms with Crippen LogP contribution in [0.1, 0.15) is 30.1 Å². The van der Waals surface area contributed by atoms with E-state index in [0.29, 0.717) is 37.4 Å². The highest BCUT2D eigenvalue weighted by Gasteiger charge is 2.32. The van der Waals surface area contributed by atoms with Crippen molar-refractivity contribution in [3.63, 3.8) is 0 Å². The topological polar surface area (TPSA) is 55.3 Å². The Morgan fingerprint density at radius 3 is 2.54 bits per heavy atom. The van der Waals surface area contributed by atoms with Crippen LogP contribution in [0, 0.1) is 0 Å². The van der Waals surface area contributed by atoms with E-state index in [1.807, 2.05) is 0 Å². The van der Waals surface area contributed by atoms with Gasteiger partial charge < -0.3 is 9.64 Å². The minimum absolute atomic E-state index is 0.0440. The second kappa shape index (κ2) is 8.37. The zero-order valence-corrected chi connectivity index (χ0v) is 14.7. The number of hydrogen-bond donors (Lipinski definition) is 0. The lowest BCUT2D eigenvalue weighted by atomic mass is 9.92. The number of hydrogen-bond acceptors (Lipinski definition) is 5. The molecule has 0 radical (unpaired) electrons. The van der Waals surface area contributed by atoms with E-state index in [4.69, 9.17) is 4.74 Å². The summed E-state index contributed by atoms with van der Waals surface area (Å²) in [5, 5.41) is 0. The third-order valence-electron chi connectivity index (χ3n) is 4.39. The fourth-order valence-electron chi connectivity index (χ4n) is 3.04. The molecule has 5 nitrogen and oxygen atoms in total. The van der Waals surface area contributed by atoms with Crippen LogP contribution >= 0.6 is 0 Å². The lowest BCUT2D eigenvalue weighted by Gasteiger charge is -2.31. The van der Waals surface area contributed by atoms with Crippen LogP contribution in [-0.4, -0.2) is 34.2 Å². The van der Waals surface area contributed by atoms with Gasteiger partial charge in [0, 0.05) is 31.4 Å². The maximum atomic E-state index is 13.1. The first-order valence-corrected chi connectivity index (χ1v) is 8.59. The SMILES string of the molecule is O=CC(F)=CN1CCC(c2ncccc2Oc2ccc(C(F)(F)F)nc2)CC1. The van der Waals surface area contributed by atoms with Gasteiger partial charge in [-0.05, 0) is 37.1 Å². The number of nitrogens with zero attached hydrogens (tertiary/aromatic N) is 3. The van der Waals surface area contributed by atoms with E-state index in [0.717, 1.165) is 12.3 Å². The van der Waals surface area contributed by atoms with Crippen molar-refractivity contribution in [3.05, 3.63) is 60.1 Å². The number of aromatic nitrogens is 2. The molecule has 0 unspecified atom stereocenters. The van der Waals surface area contributed by atoms with Gasteiger partial charge in [0.15, 0.2) is 12.1 Å². The molecular weight excluding hydrogens is 378 g/mol. The van der Waals surface area contributed by atoms with Crippen LogP contribution in [-0.2, 0) is 11.0 Å². The van der Waals surface area contributed by atoms with Gasteiger partial charge in [-0.25, -0.2) is 9.37 Å². The highest BCUT2D eigenvalue weighted by Crippen LogP contribution is 2.35. The molecule has 0 amide bonds. The molecule has 3 rings (SSSR count). The highest BCUT2D eigenvalue weighted by atomic mass is 19.4. The lowest BCUT2D eigenvalue weighted by Crippen LogP contribution is -2.29. The summed E-state index contributed by atoms with van der Waals surface area (Å²) in [7, 11) is 0. The highest BCUT2D eigenvalue weighted by molar-refractivity contribution is 5.69. The Labute approximate surface area is 158 Å². The van der Waals surface area contributed by atoms with Crippen molar-refractivity contribution in [1.29, 1.82) is 0 Å². The minimum atomic E-state index is -4.51. The van der Waals surface area contributed by atoms with Crippen molar-refractivity contribution in [2.75, 3.05) is 13.1 Å². The molecule has 0 atom stereocenters. The minimum Gasteiger partial charge on any atom is -0.454 e. The van der Waals surface area contributed by atoms with Gasteiger partial charge in [-0.3, -0.25) is 9.78 Å². The number of piperidine rings is 1. The maximum Gasteiger partial charge on any atom is 0.433 e. The van der Waals surface area contributed by atoms with Gasteiger partial charge in [0.2, 0.25) is 0 Å². The van der Waals surface area contributed by atoms with E-state index in [9.17, 15) is 22.4 Å². The number of pyridine rings is 2. The van der Waals surface area contributed by atoms with E-state index < -0.39 is 17.7 Å². The molecule has 0 aliphatic carbocycles. The van der Waals surface area contributed by atoms with Crippen molar-refractivity contribution in [1.82, 2.24) is 14.9 Å². The predicted octanol–water partition coefficient (Wildman–Crippen LogP) is 4.48. The molecule has 28 heavy (non-hydrogen) atoms. The van der Waals surface area contributed by atoms with E-state index in [1.54, 1.807) is 23.2 Å². The number of carbonyl (C=O) groups excluding carboxylic acids is 1. The van der Waals surface area contributed by atoms with Crippen LogP contribution in [0.25, 0.3) is 0 Å². The molecule has 0 spiro atoms. The molecule has 2 aromatic heterocycles. The largest absolute Gasteiger partial charge is 0.454 e. The average molecular weight is 395 g/mol. The Hall–Kier alpha value is -2.97. The average Bonchev–Trinajstić information content (AvgIpc) is 2.69. The molecule has 148 valence electrons. The first-order chi connectivity index (χ1) is 13.4. The van der Waals surface area contributed by atoms with Gasteiger partial charge in [-0.15, -0.1) is 0 Å². The monoisotopic (exact) mass is 395 g/mol. The van der Waals surface area contributed by atoms with Crippen LogP contribution in [0.2, 0.25) is 0 Å². The number of likely N-dealkylation sites (tertiary alicyclic amines) is 1. The Balaban J connectivity index is 1.71. The van der Waals surface area contributed by atoms with Gasteiger partial charge in [0.25, 0.3) is 0 Å². The normalized spacial score (nSPS) is 16.1. The van der Waals surface area contributed by atoms with Crippen LogP contribution in [0.3, 0.4) is 0 Å². The lowest BCUT2D eigenvalue weighted by molar-refractivity contribution is -0.141. The molecule has 3 heterocycles. The van der Waals surface area contributed by atoms with Crippen molar-refractivity contribution in [3.8, 4) is 11.5 Å². The summed E-state index contributed by atoms with van der Waals surface area (Å²) in [5.74, 6) is -0.162. The molecule has 2 aromatic rings. The quantitative estimate of drug-likeness (QED) is 0.425. The summed E-state index contributed by atoms with van der Waals surface area (Å²) in [5.41, 5.74) is -0.309. The van der Waals surface area contributed by atoms with Crippen molar-refractivity contribution >= 4 is 6.29 Å². The summed E-state index contributed by atoms with van der Waals surface area (Å²) < 4.78 is 56.7. The molecule has 1 saturated heterocycles. The molecule has 0 saturated carbocycles. The zero-order chi connectivity index (χ0) is 20.1. The first-order valence-electron chi connectivity index (χ1n) is 8.59. The third kappa shape index (κ3) is 4.85. The Morgan fingerprint density at radius 2 is 1.93 bits per heavy atom. The van der Waals surface area contributed by atoms with Gasteiger partial charge >= 0.3 is 6.18 Å². The van der Waals surface area contributed by atoms with E-state index >= 15 is 0 Å². The second-order valence-corrected chi connectivity index (χ2v) is 6.31. The summed E-state index contributed by atoms with van der Waals surface area (Å²) >= 11 is 0. The van der Waals surface area contributed by atoms with E-state index in [2.05, 4.69) is 9.97 Å². The predicted molar refractivity (Wildman–Crippen MR) is 92.4 cm³/mol. The summed E-state index contributed by atoms with van der Waals surface area (Å²) in [4.78, 5) is 19.9. The Morgan fingerprint density at radius 1 is 1.18 bits per heavy atom. The van der Waals surface area contributed by atoms with Crippen LogP contribution in [0.4, 0.5) is 17.6 Å². The number of alkyl halides is 3. The molecule has 0 N–H and O–H groups in total. The van der Waals surface area contributed by atoms with Crippen molar-refractivity contribution in [2.45, 2.75) is 24.9 Å². The van der Waals surface area contributed by atoms with Crippen molar-refractivity contribution < 1.29 is 27.1 Å². The molecule has 1 aliphatic rings. The van der Waals surface area contributed by atoms with Crippen LogP contribution < -0.4 is 4.74 Å². The van der Waals surface area contributed by atoms with E-state index in [-0.39, 0.29) is 18.0 Å².